The van der Waals surface area contributed by atoms with Crippen LogP contribution in [-0.2, 0) is 0 Å². The van der Waals surface area contributed by atoms with E-state index in [2.05, 4.69) is 20.6 Å². The van der Waals surface area contributed by atoms with Crippen molar-refractivity contribution >= 4 is 23.4 Å². The molecule has 0 atom stereocenters. The molecule has 3 rings (SSSR count). The highest BCUT2D eigenvalue weighted by Crippen LogP contribution is 2.17. The summed E-state index contributed by atoms with van der Waals surface area (Å²) in [6, 6.07) is 14.0. The van der Waals surface area contributed by atoms with Gasteiger partial charge in [-0.3, -0.25) is 9.59 Å². The van der Waals surface area contributed by atoms with Gasteiger partial charge in [-0.1, -0.05) is 35.9 Å². The summed E-state index contributed by atoms with van der Waals surface area (Å²) in [6.07, 6.45) is 4.89. The summed E-state index contributed by atoms with van der Waals surface area (Å²) >= 11 is 5.98. The quantitative estimate of drug-likeness (QED) is 0.644. The van der Waals surface area contributed by atoms with Gasteiger partial charge in [0.2, 0.25) is 0 Å². The molecule has 136 valence electrons. The van der Waals surface area contributed by atoms with Gasteiger partial charge in [-0.2, -0.15) is 0 Å². The zero-order chi connectivity index (χ0) is 19.1. The summed E-state index contributed by atoms with van der Waals surface area (Å²) in [5.41, 5.74) is 2.75. The molecule has 0 radical (unpaired) electrons. The fourth-order valence-corrected chi connectivity index (χ4v) is 2.68. The minimum Gasteiger partial charge on any atom is -0.350 e. The Morgan fingerprint density at radius 3 is 2.11 bits per heavy atom. The number of amides is 2. The van der Waals surface area contributed by atoms with Crippen LogP contribution in [0, 0.1) is 0 Å². The summed E-state index contributed by atoms with van der Waals surface area (Å²) in [6.45, 7) is 0.610. The SMILES string of the molecule is O=C(NCCNC(=O)c1ccccc1Cl)c1ccc(-c2cncnc2)cc1. The summed E-state index contributed by atoms with van der Waals surface area (Å²) in [4.78, 5) is 32.2. The molecule has 0 aliphatic rings. The average Bonchev–Trinajstić information content (AvgIpc) is 2.72. The van der Waals surface area contributed by atoms with Crippen molar-refractivity contribution in [3.05, 3.63) is 83.4 Å². The van der Waals surface area contributed by atoms with E-state index in [9.17, 15) is 9.59 Å². The van der Waals surface area contributed by atoms with Crippen molar-refractivity contribution in [3.8, 4) is 11.1 Å². The fourth-order valence-electron chi connectivity index (χ4n) is 2.46. The minimum absolute atomic E-state index is 0.210. The van der Waals surface area contributed by atoms with Gasteiger partial charge in [-0.25, -0.2) is 9.97 Å². The number of nitrogens with one attached hydrogen (secondary N) is 2. The van der Waals surface area contributed by atoms with E-state index in [1.807, 2.05) is 12.1 Å². The van der Waals surface area contributed by atoms with Gasteiger partial charge in [0.15, 0.2) is 0 Å². The molecule has 6 nitrogen and oxygen atoms in total. The molecule has 0 saturated heterocycles. The first kappa shape index (κ1) is 18.5. The lowest BCUT2D eigenvalue weighted by atomic mass is 10.1. The van der Waals surface area contributed by atoms with Gasteiger partial charge in [0.05, 0.1) is 10.6 Å². The summed E-state index contributed by atoms with van der Waals surface area (Å²) in [7, 11) is 0. The Morgan fingerprint density at radius 2 is 1.44 bits per heavy atom. The van der Waals surface area contributed by atoms with Crippen LogP contribution in [0.5, 0.6) is 0 Å². The van der Waals surface area contributed by atoms with Gasteiger partial charge in [-0.15, -0.1) is 0 Å². The Balaban J connectivity index is 1.48. The second-order valence-corrected chi connectivity index (χ2v) is 6.10. The molecule has 0 spiro atoms. The molecule has 7 heteroatoms. The van der Waals surface area contributed by atoms with Gasteiger partial charge in [0.1, 0.15) is 6.33 Å². The zero-order valence-corrected chi connectivity index (χ0v) is 15.1. The van der Waals surface area contributed by atoms with Crippen molar-refractivity contribution in [2.75, 3.05) is 13.1 Å². The van der Waals surface area contributed by atoms with Gasteiger partial charge < -0.3 is 10.6 Å². The van der Waals surface area contributed by atoms with E-state index < -0.39 is 0 Å². The molecule has 2 N–H and O–H groups in total. The highest BCUT2D eigenvalue weighted by atomic mass is 35.5. The van der Waals surface area contributed by atoms with E-state index in [-0.39, 0.29) is 11.8 Å². The lowest BCUT2D eigenvalue weighted by Crippen LogP contribution is -2.34. The van der Waals surface area contributed by atoms with Crippen LogP contribution in [-0.4, -0.2) is 34.9 Å². The van der Waals surface area contributed by atoms with Crippen molar-refractivity contribution < 1.29 is 9.59 Å². The predicted octanol–water partition coefficient (Wildman–Crippen LogP) is 2.96. The van der Waals surface area contributed by atoms with E-state index in [1.54, 1.807) is 48.8 Å². The van der Waals surface area contributed by atoms with Gasteiger partial charge in [-0.05, 0) is 29.8 Å². The van der Waals surface area contributed by atoms with Crippen molar-refractivity contribution in [1.82, 2.24) is 20.6 Å². The first-order valence-electron chi connectivity index (χ1n) is 8.31. The third-order valence-corrected chi connectivity index (χ3v) is 4.19. The van der Waals surface area contributed by atoms with Gasteiger partial charge >= 0.3 is 0 Å². The largest absolute Gasteiger partial charge is 0.350 e. The predicted molar refractivity (Wildman–Crippen MR) is 104 cm³/mol. The molecule has 0 unspecified atom stereocenters. The third kappa shape index (κ3) is 4.89. The van der Waals surface area contributed by atoms with E-state index in [0.29, 0.717) is 29.2 Å². The maximum absolute atomic E-state index is 12.2. The maximum atomic E-state index is 12.2. The number of hydrogen-bond acceptors (Lipinski definition) is 4. The van der Waals surface area contributed by atoms with Gasteiger partial charge in [0.25, 0.3) is 11.8 Å². The van der Waals surface area contributed by atoms with Crippen LogP contribution >= 0.6 is 11.6 Å². The number of rotatable bonds is 6. The van der Waals surface area contributed by atoms with Crippen molar-refractivity contribution in [2.24, 2.45) is 0 Å². The number of benzene rings is 2. The molecule has 2 aromatic carbocycles. The second kappa shape index (κ2) is 8.91. The molecule has 0 saturated carbocycles. The number of halogens is 1. The van der Waals surface area contributed by atoms with Crippen LogP contribution in [0.25, 0.3) is 11.1 Å². The average molecular weight is 381 g/mol. The third-order valence-electron chi connectivity index (χ3n) is 3.86. The van der Waals surface area contributed by atoms with E-state index in [4.69, 9.17) is 11.6 Å². The molecule has 0 aliphatic carbocycles. The minimum atomic E-state index is -0.274. The monoisotopic (exact) mass is 380 g/mol. The van der Waals surface area contributed by atoms with Crippen LogP contribution in [0.3, 0.4) is 0 Å². The molecule has 2 amide bonds. The highest BCUT2D eigenvalue weighted by Gasteiger charge is 2.09. The standard InChI is InChI=1S/C20H17ClN4O2/c21-18-4-2-1-3-17(18)20(27)25-10-9-24-19(26)15-7-5-14(6-8-15)16-11-22-13-23-12-16/h1-8,11-13H,9-10H2,(H,24,26)(H,25,27). The van der Waals surface area contributed by atoms with E-state index in [0.717, 1.165) is 11.1 Å². The molecular formula is C20H17ClN4O2. The Kier molecular flexibility index (Phi) is 6.12. The smallest absolute Gasteiger partial charge is 0.252 e. The molecule has 27 heavy (non-hydrogen) atoms. The van der Waals surface area contributed by atoms with E-state index >= 15 is 0 Å². The Hall–Kier alpha value is -3.25. The summed E-state index contributed by atoms with van der Waals surface area (Å²) in [5, 5.41) is 5.89. The Labute approximate surface area is 161 Å². The van der Waals surface area contributed by atoms with Crippen LogP contribution < -0.4 is 10.6 Å². The van der Waals surface area contributed by atoms with Crippen molar-refractivity contribution in [1.29, 1.82) is 0 Å². The molecule has 1 heterocycles. The molecule has 0 bridgehead atoms. The molecular weight excluding hydrogens is 364 g/mol. The van der Waals surface area contributed by atoms with Crippen LogP contribution in [0.1, 0.15) is 20.7 Å². The Morgan fingerprint density at radius 1 is 0.815 bits per heavy atom. The van der Waals surface area contributed by atoms with Crippen molar-refractivity contribution in [2.45, 2.75) is 0 Å². The highest BCUT2D eigenvalue weighted by molar-refractivity contribution is 6.33. The number of aromatic nitrogens is 2. The summed E-state index contributed by atoms with van der Waals surface area (Å²) in [5.74, 6) is -0.484. The number of nitrogens with zero attached hydrogens (tertiary/aromatic N) is 2. The molecule has 1 aromatic heterocycles. The zero-order valence-electron chi connectivity index (χ0n) is 14.4. The van der Waals surface area contributed by atoms with E-state index in [1.165, 1.54) is 6.33 Å². The number of carbonyl (C=O) groups is 2. The maximum Gasteiger partial charge on any atom is 0.252 e. The summed E-state index contributed by atoms with van der Waals surface area (Å²) < 4.78 is 0. The lowest BCUT2D eigenvalue weighted by molar-refractivity contribution is 0.0927. The topological polar surface area (TPSA) is 84.0 Å². The lowest BCUT2D eigenvalue weighted by Gasteiger charge is -2.08. The number of hydrogen-bond donors (Lipinski definition) is 2. The molecule has 3 aromatic rings. The first-order valence-corrected chi connectivity index (χ1v) is 8.69. The normalized spacial score (nSPS) is 10.3. The van der Waals surface area contributed by atoms with Crippen LogP contribution in [0.15, 0.2) is 67.3 Å². The van der Waals surface area contributed by atoms with Crippen LogP contribution in [0.2, 0.25) is 5.02 Å². The first-order chi connectivity index (χ1) is 13.1. The van der Waals surface area contributed by atoms with Gasteiger partial charge in [0, 0.05) is 36.6 Å². The number of carbonyl (C=O) groups excluding carboxylic acids is 2. The second-order valence-electron chi connectivity index (χ2n) is 5.70. The van der Waals surface area contributed by atoms with Crippen LogP contribution in [0.4, 0.5) is 0 Å². The fraction of sp³-hybridized carbons (Fsp3) is 0.100. The Bertz CT molecular complexity index is 930. The van der Waals surface area contributed by atoms with Crippen molar-refractivity contribution in [3.63, 3.8) is 0 Å². The molecule has 0 fully saturated rings. The molecule has 0 aliphatic heterocycles.